The van der Waals surface area contributed by atoms with Gasteiger partial charge in [-0.25, -0.2) is 13.2 Å². The zero-order chi connectivity index (χ0) is 14.0. The van der Waals surface area contributed by atoms with Gasteiger partial charge in [-0.15, -0.1) is 0 Å². The average molecular weight is 281 g/mol. The van der Waals surface area contributed by atoms with Crippen LogP contribution >= 0.6 is 0 Å². The van der Waals surface area contributed by atoms with Gasteiger partial charge in [-0.2, -0.15) is 4.31 Å². The molecule has 0 amide bonds. The molecule has 1 aliphatic heterocycles. The van der Waals surface area contributed by atoms with E-state index in [4.69, 9.17) is 5.11 Å². The van der Waals surface area contributed by atoms with Crippen molar-refractivity contribution in [1.29, 1.82) is 0 Å². The average Bonchev–Trinajstić information content (AvgIpc) is 2.39. The number of hydrogen-bond donors (Lipinski definition) is 1. The third-order valence-electron chi connectivity index (χ3n) is 3.11. The smallest absolute Gasteiger partial charge is 0.331 e. The Balaban J connectivity index is 2.23. The molecule has 0 radical (unpaired) electrons. The molecule has 0 unspecified atom stereocenters. The molecule has 0 saturated heterocycles. The number of hydrogen-bond acceptors (Lipinski definition) is 3. The van der Waals surface area contributed by atoms with E-state index in [1.54, 1.807) is 24.3 Å². The minimum Gasteiger partial charge on any atom is -0.478 e. The standard InChI is InChI=1S/C13H15NO4S/c1-10-2-4-12(5-3-10)19(17,18)14-8-6-11(7-9-14)13(15)16/h2-6H,7-9H2,1H3,(H,15,16). The van der Waals surface area contributed by atoms with Crippen LogP contribution in [0.3, 0.4) is 0 Å². The molecule has 0 atom stereocenters. The monoisotopic (exact) mass is 281 g/mol. The van der Waals surface area contributed by atoms with Crippen LogP contribution in [-0.2, 0) is 14.8 Å². The summed E-state index contributed by atoms with van der Waals surface area (Å²) in [5, 5.41) is 8.84. The molecule has 1 aromatic carbocycles. The Kier molecular flexibility index (Phi) is 3.73. The van der Waals surface area contributed by atoms with Gasteiger partial charge in [-0.3, -0.25) is 0 Å². The summed E-state index contributed by atoms with van der Waals surface area (Å²) in [4.78, 5) is 11.0. The highest BCUT2D eigenvalue weighted by Crippen LogP contribution is 2.20. The lowest BCUT2D eigenvalue weighted by Crippen LogP contribution is -2.35. The normalized spacial score (nSPS) is 17.0. The van der Waals surface area contributed by atoms with Gasteiger partial charge in [0.25, 0.3) is 0 Å². The number of rotatable bonds is 3. The Labute approximate surface area is 112 Å². The van der Waals surface area contributed by atoms with Crippen LogP contribution in [0, 0.1) is 6.92 Å². The number of aryl methyl sites for hydroxylation is 1. The van der Waals surface area contributed by atoms with E-state index in [1.165, 1.54) is 10.4 Å². The van der Waals surface area contributed by atoms with Crippen molar-refractivity contribution in [3.8, 4) is 0 Å². The van der Waals surface area contributed by atoms with Crippen molar-refractivity contribution in [2.24, 2.45) is 0 Å². The fraction of sp³-hybridized carbons (Fsp3) is 0.308. The van der Waals surface area contributed by atoms with Gasteiger partial charge in [-0.1, -0.05) is 23.8 Å². The molecule has 1 aliphatic rings. The fourth-order valence-corrected chi connectivity index (χ4v) is 3.30. The minimum atomic E-state index is -3.53. The molecule has 102 valence electrons. The predicted molar refractivity (Wildman–Crippen MR) is 70.3 cm³/mol. The molecule has 0 saturated carbocycles. The van der Waals surface area contributed by atoms with Crippen LogP contribution in [0.1, 0.15) is 12.0 Å². The van der Waals surface area contributed by atoms with Crippen molar-refractivity contribution < 1.29 is 18.3 Å². The second-order valence-electron chi connectivity index (χ2n) is 4.46. The van der Waals surface area contributed by atoms with Crippen molar-refractivity contribution in [2.45, 2.75) is 18.2 Å². The number of benzene rings is 1. The number of carboxylic acid groups (broad SMARTS) is 1. The molecule has 0 bridgehead atoms. The number of sulfonamides is 1. The number of carbonyl (C=O) groups is 1. The maximum absolute atomic E-state index is 12.3. The van der Waals surface area contributed by atoms with Crippen LogP contribution in [0.25, 0.3) is 0 Å². The van der Waals surface area contributed by atoms with E-state index in [1.807, 2.05) is 6.92 Å². The lowest BCUT2D eigenvalue weighted by Gasteiger charge is -2.24. The van der Waals surface area contributed by atoms with Crippen LogP contribution < -0.4 is 0 Å². The summed E-state index contributed by atoms with van der Waals surface area (Å²) >= 11 is 0. The third kappa shape index (κ3) is 2.85. The first-order valence-corrected chi connectivity index (χ1v) is 7.34. The van der Waals surface area contributed by atoms with Crippen LogP contribution in [0.15, 0.2) is 40.8 Å². The number of aliphatic carboxylic acids is 1. The number of carboxylic acids is 1. The van der Waals surface area contributed by atoms with Crippen LogP contribution in [0.2, 0.25) is 0 Å². The van der Waals surface area contributed by atoms with Crippen molar-refractivity contribution >= 4 is 16.0 Å². The van der Waals surface area contributed by atoms with Crippen LogP contribution in [-0.4, -0.2) is 36.9 Å². The maximum Gasteiger partial charge on any atom is 0.331 e. The molecular formula is C13H15NO4S. The van der Waals surface area contributed by atoms with Crippen LogP contribution in [0.4, 0.5) is 0 Å². The van der Waals surface area contributed by atoms with Gasteiger partial charge in [0.05, 0.1) is 4.90 Å². The summed E-state index contributed by atoms with van der Waals surface area (Å²) in [7, 11) is -3.53. The van der Waals surface area contributed by atoms with Crippen molar-refractivity contribution in [2.75, 3.05) is 13.1 Å². The molecule has 0 spiro atoms. The molecule has 1 aromatic rings. The van der Waals surface area contributed by atoms with E-state index in [0.717, 1.165) is 5.56 Å². The van der Waals surface area contributed by atoms with Gasteiger partial charge >= 0.3 is 5.97 Å². The van der Waals surface area contributed by atoms with Gasteiger partial charge in [0.15, 0.2) is 0 Å². The molecule has 0 aromatic heterocycles. The number of nitrogens with zero attached hydrogens (tertiary/aromatic N) is 1. The van der Waals surface area contributed by atoms with E-state index in [-0.39, 0.29) is 30.0 Å². The lowest BCUT2D eigenvalue weighted by atomic mass is 10.1. The molecule has 2 rings (SSSR count). The van der Waals surface area contributed by atoms with E-state index in [9.17, 15) is 13.2 Å². The summed E-state index contributed by atoms with van der Waals surface area (Å²) in [6, 6.07) is 6.63. The summed E-state index contributed by atoms with van der Waals surface area (Å²) in [6.07, 6.45) is 1.69. The highest BCUT2D eigenvalue weighted by molar-refractivity contribution is 7.89. The second kappa shape index (κ2) is 5.14. The minimum absolute atomic E-state index is 0.109. The van der Waals surface area contributed by atoms with E-state index < -0.39 is 16.0 Å². The zero-order valence-electron chi connectivity index (χ0n) is 10.5. The maximum atomic E-state index is 12.3. The highest BCUT2D eigenvalue weighted by Gasteiger charge is 2.27. The van der Waals surface area contributed by atoms with Crippen molar-refractivity contribution in [3.63, 3.8) is 0 Å². The molecule has 6 heteroatoms. The Morgan fingerprint density at radius 1 is 1.26 bits per heavy atom. The van der Waals surface area contributed by atoms with Gasteiger partial charge in [0, 0.05) is 18.7 Å². The van der Waals surface area contributed by atoms with Gasteiger partial charge in [0.2, 0.25) is 10.0 Å². The first kappa shape index (κ1) is 13.8. The Bertz CT molecular complexity index is 617. The van der Waals surface area contributed by atoms with E-state index >= 15 is 0 Å². The highest BCUT2D eigenvalue weighted by atomic mass is 32.2. The second-order valence-corrected chi connectivity index (χ2v) is 6.40. The Morgan fingerprint density at radius 2 is 1.89 bits per heavy atom. The molecule has 0 fully saturated rings. The topological polar surface area (TPSA) is 74.7 Å². The summed E-state index contributed by atoms with van der Waals surface area (Å²) < 4.78 is 25.9. The largest absolute Gasteiger partial charge is 0.478 e. The van der Waals surface area contributed by atoms with E-state index in [0.29, 0.717) is 0 Å². The van der Waals surface area contributed by atoms with E-state index in [2.05, 4.69) is 0 Å². The summed E-state index contributed by atoms with van der Waals surface area (Å²) in [5.41, 5.74) is 1.26. The molecule has 19 heavy (non-hydrogen) atoms. The van der Waals surface area contributed by atoms with Gasteiger partial charge in [0.1, 0.15) is 0 Å². The van der Waals surface area contributed by atoms with Gasteiger partial charge in [-0.05, 0) is 25.5 Å². The molecule has 1 heterocycles. The Morgan fingerprint density at radius 3 is 2.37 bits per heavy atom. The molecule has 1 N–H and O–H groups in total. The molecule has 0 aliphatic carbocycles. The first-order chi connectivity index (χ1) is 8.91. The lowest BCUT2D eigenvalue weighted by molar-refractivity contribution is -0.132. The van der Waals surface area contributed by atoms with Crippen molar-refractivity contribution in [3.05, 3.63) is 41.5 Å². The third-order valence-corrected chi connectivity index (χ3v) is 4.98. The quantitative estimate of drug-likeness (QED) is 0.908. The SMILES string of the molecule is Cc1ccc(S(=O)(=O)N2CC=C(C(=O)O)CC2)cc1. The first-order valence-electron chi connectivity index (χ1n) is 5.90. The summed E-state index contributed by atoms with van der Waals surface area (Å²) in [5.74, 6) is -0.979. The molecular weight excluding hydrogens is 266 g/mol. The van der Waals surface area contributed by atoms with Gasteiger partial charge < -0.3 is 5.11 Å². The van der Waals surface area contributed by atoms with Crippen LogP contribution in [0.5, 0.6) is 0 Å². The fourth-order valence-electron chi connectivity index (χ4n) is 1.92. The Hall–Kier alpha value is -1.66. The molecule has 5 nitrogen and oxygen atoms in total. The predicted octanol–water partition coefficient (Wildman–Crippen LogP) is 1.40. The zero-order valence-corrected chi connectivity index (χ0v) is 11.4. The summed E-state index contributed by atoms with van der Waals surface area (Å²) in [6.45, 7) is 2.20. The van der Waals surface area contributed by atoms with Crippen molar-refractivity contribution in [1.82, 2.24) is 4.31 Å².